The SMILES string of the molecule is COc1cc(OC)n2c(C)c(-c3ccccc3F)nc2n1. The summed E-state index contributed by atoms with van der Waals surface area (Å²) in [6.07, 6.45) is 0. The van der Waals surface area contributed by atoms with Crippen LogP contribution in [0.25, 0.3) is 17.0 Å². The number of aromatic nitrogens is 3. The number of aryl methyl sites for hydroxylation is 1. The van der Waals surface area contributed by atoms with E-state index in [0.717, 1.165) is 5.69 Å². The molecule has 0 amide bonds. The summed E-state index contributed by atoms with van der Waals surface area (Å²) in [5.41, 5.74) is 1.72. The molecule has 5 nitrogen and oxygen atoms in total. The summed E-state index contributed by atoms with van der Waals surface area (Å²) >= 11 is 0. The van der Waals surface area contributed by atoms with Crippen molar-refractivity contribution in [3.63, 3.8) is 0 Å². The third-order valence-corrected chi connectivity index (χ3v) is 3.31. The minimum Gasteiger partial charge on any atom is -0.482 e. The van der Waals surface area contributed by atoms with E-state index < -0.39 is 0 Å². The van der Waals surface area contributed by atoms with E-state index in [-0.39, 0.29) is 5.82 Å². The number of nitrogens with zero attached hydrogens (tertiary/aromatic N) is 3. The van der Waals surface area contributed by atoms with Crippen molar-refractivity contribution in [2.75, 3.05) is 14.2 Å². The Balaban J connectivity index is 2.32. The van der Waals surface area contributed by atoms with Gasteiger partial charge in [0, 0.05) is 5.56 Å². The Morgan fingerprint density at radius 3 is 2.52 bits per heavy atom. The minimum absolute atomic E-state index is 0.324. The molecule has 0 atom stereocenters. The van der Waals surface area contributed by atoms with Gasteiger partial charge < -0.3 is 9.47 Å². The molecule has 0 aliphatic heterocycles. The van der Waals surface area contributed by atoms with Crippen LogP contribution < -0.4 is 9.47 Å². The van der Waals surface area contributed by atoms with E-state index in [1.54, 1.807) is 35.8 Å². The molecule has 0 radical (unpaired) electrons. The zero-order chi connectivity index (χ0) is 15.0. The Hall–Kier alpha value is -2.63. The van der Waals surface area contributed by atoms with Gasteiger partial charge in [-0.2, -0.15) is 4.98 Å². The monoisotopic (exact) mass is 287 g/mol. The summed E-state index contributed by atoms with van der Waals surface area (Å²) in [6, 6.07) is 8.17. The highest BCUT2D eigenvalue weighted by Crippen LogP contribution is 2.29. The van der Waals surface area contributed by atoms with Crippen LogP contribution in [0.5, 0.6) is 11.8 Å². The molecule has 21 heavy (non-hydrogen) atoms. The van der Waals surface area contributed by atoms with Crippen molar-refractivity contribution in [2.24, 2.45) is 0 Å². The van der Waals surface area contributed by atoms with Crippen molar-refractivity contribution in [1.29, 1.82) is 0 Å². The molecule has 0 N–H and O–H groups in total. The Kier molecular flexibility index (Phi) is 3.21. The van der Waals surface area contributed by atoms with Crippen molar-refractivity contribution < 1.29 is 13.9 Å². The predicted molar refractivity (Wildman–Crippen MR) is 76.2 cm³/mol. The number of ether oxygens (including phenoxy) is 2. The van der Waals surface area contributed by atoms with Crippen molar-refractivity contribution in [2.45, 2.75) is 6.92 Å². The van der Waals surface area contributed by atoms with E-state index in [2.05, 4.69) is 9.97 Å². The fourth-order valence-corrected chi connectivity index (χ4v) is 2.29. The maximum atomic E-state index is 14.0. The van der Waals surface area contributed by atoms with Crippen molar-refractivity contribution in [3.05, 3.63) is 41.8 Å². The first-order valence-corrected chi connectivity index (χ1v) is 6.38. The van der Waals surface area contributed by atoms with Crippen molar-refractivity contribution >= 4 is 5.78 Å². The Labute approximate surface area is 121 Å². The smallest absolute Gasteiger partial charge is 0.240 e. The second-order valence-electron chi connectivity index (χ2n) is 4.50. The van der Waals surface area contributed by atoms with Gasteiger partial charge in [-0.15, -0.1) is 0 Å². The Morgan fingerprint density at radius 1 is 1.10 bits per heavy atom. The molecule has 3 aromatic rings. The lowest BCUT2D eigenvalue weighted by Gasteiger charge is -2.07. The lowest BCUT2D eigenvalue weighted by Crippen LogP contribution is -1.99. The zero-order valence-electron chi connectivity index (χ0n) is 11.9. The fourth-order valence-electron chi connectivity index (χ4n) is 2.29. The van der Waals surface area contributed by atoms with Crippen LogP contribution in [0.3, 0.4) is 0 Å². The maximum absolute atomic E-state index is 14.0. The van der Waals surface area contributed by atoms with Crippen LogP contribution in [0.15, 0.2) is 30.3 Å². The van der Waals surface area contributed by atoms with E-state index >= 15 is 0 Å². The van der Waals surface area contributed by atoms with Gasteiger partial charge in [0.15, 0.2) is 0 Å². The second-order valence-corrected chi connectivity index (χ2v) is 4.50. The molecular formula is C15H14FN3O2. The summed E-state index contributed by atoms with van der Waals surface area (Å²) < 4.78 is 26.2. The van der Waals surface area contributed by atoms with Gasteiger partial charge in [0.25, 0.3) is 0 Å². The average molecular weight is 287 g/mol. The van der Waals surface area contributed by atoms with E-state index in [1.807, 2.05) is 6.92 Å². The summed E-state index contributed by atoms with van der Waals surface area (Å²) in [7, 11) is 3.07. The molecule has 0 spiro atoms. The predicted octanol–water partition coefficient (Wildman–Crippen LogP) is 2.86. The number of halogens is 1. The van der Waals surface area contributed by atoms with Crippen LogP contribution in [0, 0.1) is 12.7 Å². The van der Waals surface area contributed by atoms with Gasteiger partial charge >= 0.3 is 0 Å². The van der Waals surface area contributed by atoms with Gasteiger partial charge in [0.2, 0.25) is 17.5 Å². The molecule has 0 aliphatic rings. The second kappa shape index (κ2) is 5.05. The third kappa shape index (κ3) is 2.08. The molecule has 0 aliphatic carbocycles. The molecule has 108 valence electrons. The standard InChI is InChI=1S/C15H14FN3O2/c1-9-14(10-6-4-5-7-11(10)16)18-15-17-12(20-2)8-13(21-3)19(9)15/h4-8H,1-3H3. The third-order valence-electron chi connectivity index (χ3n) is 3.31. The highest BCUT2D eigenvalue weighted by molar-refractivity contribution is 5.66. The molecule has 0 fully saturated rings. The summed E-state index contributed by atoms with van der Waals surface area (Å²) in [5.74, 6) is 1.01. The topological polar surface area (TPSA) is 48.7 Å². The Morgan fingerprint density at radius 2 is 1.86 bits per heavy atom. The molecule has 0 bridgehead atoms. The minimum atomic E-state index is -0.324. The fraction of sp³-hybridized carbons (Fsp3) is 0.200. The molecule has 0 saturated carbocycles. The lowest BCUT2D eigenvalue weighted by molar-refractivity contribution is 0.369. The molecule has 2 heterocycles. The summed E-state index contributed by atoms with van der Waals surface area (Å²) in [4.78, 5) is 8.68. The van der Waals surface area contributed by atoms with E-state index in [1.165, 1.54) is 13.2 Å². The Bertz CT molecular complexity index is 814. The number of fused-ring (bicyclic) bond motifs is 1. The largest absolute Gasteiger partial charge is 0.482 e. The zero-order valence-corrected chi connectivity index (χ0v) is 11.9. The number of hydrogen-bond acceptors (Lipinski definition) is 4. The average Bonchev–Trinajstić information content (AvgIpc) is 2.84. The molecule has 0 saturated heterocycles. The molecule has 6 heteroatoms. The van der Waals surface area contributed by atoms with E-state index in [0.29, 0.717) is 28.8 Å². The number of hydrogen-bond donors (Lipinski definition) is 0. The summed E-state index contributed by atoms with van der Waals surface area (Å²) in [6.45, 7) is 1.85. The highest BCUT2D eigenvalue weighted by atomic mass is 19.1. The van der Waals surface area contributed by atoms with Gasteiger partial charge in [-0.3, -0.25) is 4.40 Å². The van der Waals surface area contributed by atoms with E-state index in [9.17, 15) is 4.39 Å². The number of imidazole rings is 1. The molecule has 3 rings (SSSR count). The normalized spacial score (nSPS) is 10.9. The lowest BCUT2D eigenvalue weighted by atomic mass is 10.1. The van der Waals surface area contributed by atoms with Crippen LogP contribution in [0.1, 0.15) is 5.69 Å². The van der Waals surface area contributed by atoms with Crippen LogP contribution in [-0.4, -0.2) is 28.6 Å². The first-order valence-electron chi connectivity index (χ1n) is 6.38. The van der Waals surface area contributed by atoms with E-state index in [4.69, 9.17) is 9.47 Å². The van der Waals surface area contributed by atoms with Crippen molar-refractivity contribution in [1.82, 2.24) is 14.4 Å². The number of methoxy groups -OCH3 is 2. The van der Waals surface area contributed by atoms with Gasteiger partial charge in [-0.05, 0) is 19.1 Å². The van der Waals surface area contributed by atoms with Crippen LogP contribution in [0.2, 0.25) is 0 Å². The first kappa shape index (κ1) is 13.4. The number of rotatable bonds is 3. The van der Waals surface area contributed by atoms with Gasteiger partial charge in [0.05, 0.1) is 31.7 Å². The van der Waals surface area contributed by atoms with Gasteiger partial charge in [-0.1, -0.05) is 12.1 Å². The van der Waals surface area contributed by atoms with Crippen LogP contribution in [-0.2, 0) is 0 Å². The van der Waals surface area contributed by atoms with Gasteiger partial charge in [0.1, 0.15) is 5.82 Å². The highest BCUT2D eigenvalue weighted by Gasteiger charge is 2.18. The molecule has 0 unspecified atom stereocenters. The summed E-state index contributed by atoms with van der Waals surface area (Å²) in [5, 5.41) is 0. The van der Waals surface area contributed by atoms with Crippen LogP contribution in [0.4, 0.5) is 4.39 Å². The molecular weight excluding hydrogens is 273 g/mol. The molecule has 1 aromatic carbocycles. The first-order chi connectivity index (χ1) is 10.2. The van der Waals surface area contributed by atoms with Gasteiger partial charge in [-0.25, -0.2) is 9.37 Å². The van der Waals surface area contributed by atoms with Crippen molar-refractivity contribution in [3.8, 4) is 23.0 Å². The maximum Gasteiger partial charge on any atom is 0.240 e. The van der Waals surface area contributed by atoms with Crippen LogP contribution >= 0.6 is 0 Å². The quantitative estimate of drug-likeness (QED) is 0.743. The number of benzene rings is 1. The molecule has 2 aromatic heterocycles.